The molecule has 1 atom stereocenters. The molecule has 1 aromatic heterocycles. The minimum absolute atomic E-state index is 0.384. The van der Waals surface area contributed by atoms with Gasteiger partial charge >= 0.3 is 5.97 Å². The molecular weight excluding hydrogens is 226 g/mol. The van der Waals surface area contributed by atoms with Crippen LogP contribution in [0, 0.1) is 6.92 Å². The van der Waals surface area contributed by atoms with Crippen molar-refractivity contribution in [2.75, 3.05) is 12.9 Å². The van der Waals surface area contributed by atoms with Gasteiger partial charge in [-0.2, -0.15) is 0 Å². The molecule has 16 heavy (non-hydrogen) atoms. The summed E-state index contributed by atoms with van der Waals surface area (Å²) in [6.45, 7) is 1.91. The van der Waals surface area contributed by atoms with Gasteiger partial charge in [-0.05, 0) is 19.4 Å². The molecule has 0 aliphatic rings. The van der Waals surface area contributed by atoms with Gasteiger partial charge in [0.25, 0.3) is 0 Å². The van der Waals surface area contributed by atoms with Gasteiger partial charge in [0, 0.05) is 17.6 Å². The van der Waals surface area contributed by atoms with Crippen LogP contribution >= 0.6 is 11.8 Å². The topological polar surface area (TPSA) is 78.1 Å². The van der Waals surface area contributed by atoms with E-state index in [2.05, 4.69) is 14.7 Å². The second-order valence-corrected chi connectivity index (χ2v) is 4.31. The Kier molecular flexibility index (Phi) is 5.21. The predicted octanol–water partition coefficient (Wildman–Crippen LogP) is 0.768. The molecule has 2 N–H and O–H groups in total. The fourth-order valence-corrected chi connectivity index (χ4v) is 1.94. The molecular formula is C10H15N3O2S. The zero-order chi connectivity index (χ0) is 12.0. The third-order valence-electron chi connectivity index (χ3n) is 1.94. The first-order valence-corrected chi connectivity index (χ1v) is 5.88. The van der Waals surface area contributed by atoms with Gasteiger partial charge in [-0.3, -0.25) is 4.79 Å². The lowest BCUT2D eigenvalue weighted by atomic mass is 10.2. The molecule has 0 radical (unpaired) electrons. The number of esters is 1. The van der Waals surface area contributed by atoms with Crippen molar-refractivity contribution in [2.24, 2.45) is 5.73 Å². The van der Waals surface area contributed by atoms with E-state index >= 15 is 0 Å². The third-order valence-corrected chi connectivity index (χ3v) is 2.83. The van der Waals surface area contributed by atoms with E-state index in [1.807, 2.05) is 13.0 Å². The fraction of sp³-hybridized carbons (Fsp3) is 0.500. The number of ether oxygens (including phenoxy) is 1. The van der Waals surface area contributed by atoms with Gasteiger partial charge in [-0.25, -0.2) is 9.97 Å². The van der Waals surface area contributed by atoms with Crippen LogP contribution in [0.25, 0.3) is 0 Å². The highest BCUT2D eigenvalue weighted by Gasteiger charge is 2.13. The molecule has 5 nitrogen and oxygen atoms in total. The summed E-state index contributed by atoms with van der Waals surface area (Å²) >= 11 is 1.48. The number of carbonyl (C=O) groups excluding carboxylic acids is 1. The van der Waals surface area contributed by atoms with Crippen LogP contribution in [0.5, 0.6) is 0 Å². The van der Waals surface area contributed by atoms with Gasteiger partial charge in [-0.1, -0.05) is 11.8 Å². The van der Waals surface area contributed by atoms with Crippen LogP contribution in [0.3, 0.4) is 0 Å². The quantitative estimate of drug-likeness (QED) is 0.466. The number of methoxy groups -OCH3 is 1. The van der Waals surface area contributed by atoms with Crippen LogP contribution in [-0.4, -0.2) is 34.8 Å². The first-order valence-electron chi connectivity index (χ1n) is 4.89. The molecule has 0 fully saturated rings. The number of aryl methyl sites for hydroxylation is 1. The van der Waals surface area contributed by atoms with Crippen LogP contribution in [0.15, 0.2) is 17.4 Å². The van der Waals surface area contributed by atoms with E-state index in [9.17, 15) is 4.79 Å². The Hall–Kier alpha value is -1.14. The summed E-state index contributed by atoms with van der Waals surface area (Å²) in [6, 6.07) is 1.27. The van der Waals surface area contributed by atoms with Gasteiger partial charge in [0.1, 0.15) is 6.04 Å². The summed E-state index contributed by atoms with van der Waals surface area (Å²) in [5.41, 5.74) is 6.52. The SMILES string of the molecule is COC(=O)C(N)CCSc1nccc(C)n1. The number of aromatic nitrogens is 2. The average Bonchev–Trinajstić information content (AvgIpc) is 2.28. The van der Waals surface area contributed by atoms with E-state index in [1.54, 1.807) is 6.20 Å². The smallest absolute Gasteiger partial charge is 0.322 e. The average molecular weight is 241 g/mol. The normalized spacial score (nSPS) is 12.2. The molecule has 1 rings (SSSR count). The van der Waals surface area contributed by atoms with Crippen LogP contribution in [0.4, 0.5) is 0 Å². The highest BCUT2D eigenvalue weighted by molar-refractivity contribution is 7.99. The van der Waals surface area contributed by atoms with Gasteiger partial charge in [-0.15, -0.1) is 0 Å². The maximum Gasteiger partial charge on any atom is 0.322 e. The lowest BCUT2D eigenvalue weighted by Gasteiger charge is -2.07. The first kappa shape index (κ1) is 12.9. The van der Waals surface area contributed by atoms with Crippen LogP contribution < -0.4 is 5.73 Å². The molecule has 0 aromatic carbocycles. The summed E-state index contributed by atoms with van der Waals surface area (Å²) in [7, 11) is 1.33. The molecule has 1 unspecified atom stereocenters. The van der Waals surface area contributed by atoms with Crippen LogP contribution in [0.1, 0.15) is 12.1 Å². The lowest BCUT2D eigenvalue weighted by molar-refractivity contribution is -0.142. The minimum Gasteiger partial charge on any atom is -0.468 e. The van der Waals surface area contributed by atoms with Crippen molar-refractivity contribution >= 4 is 17.7 Å². The number of hydrogen-bond donors (Lipinski definition) is 1. The monoisotopic (exact) mass is 241 g/mol. The molecule has 0 aliphatic heterocycles. The van der Waals surface area contributed by atoms with E-state index in [1.165, 1.54) is 18.9 Å². The van der Waals surface area contributed by atoms with Crippen LogP contribution in [0.2, 0.25) is 0 Å². The summed E-state index contributed by atoms with van der Waals surface area (Å²) in [6.07, 6.45) is 2.26. The van der Waals surface area contributed by atoms with Gasteiger partial charge in [0.2, 0.25) is 0 Å². The summed E-state index contributed by atoms with van der Waals surface area (Å²) in [5.74, 6) is 0.311. The second-order valence-electron chi connectivity index (χ2n) is 3.25. The second kappa shape index (κ2) is 6.44. The summed E-state index contributed by atoms with van der Waals surface area (Å²) < 4.78 is 4.53. The molecule has 1 aromatic rings. The van der Waals surface area contributed by atoms with Gasteiger partial charge in [0.15, 0.2) is 5.16 Å². The molecule has 0 saturated heterocycles. The van der Waals surface area contributed by atoms with Crippen molar-refractivity contribution in [1.29, 1.82) is 0 Å². The maximum atomic E-state index is 11.0. The zero-order valence-corrected chi connectivity index (χ0v) is 10.2. The van der Waals surface area contributed by atoms with Crippen molar-refractivity contribution in [3.63, 3.8) is 0 Å². The molecule has 0 aliphatic carbocycles. The van der Waals surface area contributed by atoms with E-state index in [-0.39, 0.29) is 5.97 Å². The fourth-order valence-electron chi connectivity index (χ4n) is 1.04. The Morgan fingerprint density at radius 2 is 2.44 bits per heavy atom. The minimum atomic E-state index is -0.567. The molecule has 88 valence electrons. The Labute approximate surface area is 98.8 Å². The third kappa shape index (κ3) is 4.16. The van der Waals surface area contributed by atoms with Crippen molar-refractivity contribution < 1.29 is 9.53 Å². The number of carbonyl (C=O) groups is 1. The Bertz CT molecular complexity index is 360. The van der Waals surface area contributed by atoms with E-state index < -0.39 is 6.04 Å². The van der Waals surface area contributed by atoms with E-state index in [0.717, 1.165) is 5.69 Å². The molecule has 0 saturated carbocycles. The maximum absolute atomic E-state index is 11.0. The molecule has 0 amide bonds. The number of rotatable bonds is 5. The van der Waals surface area contributed by atoms with E-state index in [0.29, 0.717) is 17.3 Å². The van der Waals surface area contributed by atoms with Crippen molar-refractivity contribution in [1.82, 2.24) is 9.97 Å². The molecule has 1 heterocycles. The Morgan fingerprint density at radius 1 is 1.69 bits per heavy atom. The summed E-state index contributed by atoms with van der Waals surface area (Å²) in [4.78, 5) is 19.3. The van der Waals surface area contributed by atoms with Crippen molar-refractivity contribution in [3.8, 4) is 0 Å². The first-order chi connectivity index (χ1) is 7.63. The highest BCUT2D eigenvalue weighted by atomic mass is 32.2. The molecule has 0 spiro atoms. The Morgan fingerprint density at radius 3 is 3.06 bits per heavy atom. The number of nitrogens with two attached hydrogens (primary N) is 1. The standard InChI is InChI=1S/C10H15N3O2S/c1-7-3-5-12-10(13-7)16-6-4-8(11)9(14)15-2/h3,5,8H,4,6,11H2,1-2H3. The predicted molar refractivity (Wildman–Crippen MR) is 62.1 cm³/mol. The zero-order valence-electron chi connectivity index (χ0n) is 9.34. The number of hydrogen-bond acceptors (Lipinski definition) is 6. The number of nitrogens with zero attached hydrogens (tertiary/aromatic N) is 2. The summed E-state index contributed by atoms with van der Waals surface area (Å²) in [5, 5.41) is 0.706. The van der Waals surface area contributed by atoms with Crippen molar-refractivity contribution in [2.45, 2.75) is 24.5 Å². The molecule has 6 heteroatoms. The number of thioether (sulfide) groups is 1. The van der Waals surface area contributed by atoms with Crippen molar-refractivity contribution in [3.05, 3.63) is 18.0 Å². The lowest BCUT2D eigenvalue weighted by Crippen LogP contribution is -2.31. The highest BCUT2D eigenvalue weighted by Crippen LogP contribution is 2.14. The van der Waals surface area contributed by atoms with Gasteiger partial charge in [0.05, 0.1) is 7.11 Å². The Balaban J connectivity index is 2.33. The largest absolute Gasteiger partial charge is 0.468 e. The van der Waals surface area contributed by atoms with E-state index in [4.69, 9.17) is 5.73 Å². The molecule has 0 bridgehead atoms. The van der Waals surface area contributed by atoms with Gasteiger partial charge < -0.3 is 10.5 Å². The van der Waals surface area contributed by atoms with Crippen LogP contribution in [-0.2, 0) is 9.53 Å².